The fourth-order valence-electron chi connectivity index (χ4n) is 3.85. The summed E-state index contributed by atoms with van der Waals surface area (Å²) in [5.74, 6) is 0.692. The van der Waals surface area contributed by atoms with Crippen LogP contribution in [0, 0.1) is 6.92 Å². The van der Waals surface area contributed by atoms with Crippen molar-refractivity contribution in [3.05, 3.63) is 58.8 Å². The molecule has 172 valence electrons. The molecule has 1 N–H and O–H groups in total. The number of likely N-dealkylation sites (tertiary alicyclic amines) is 1. The van der Waals surface area contributed by atoms with E-state index in [2.05, 4.69) is 47.3 Å². The van der Waals surface area contributed by atoms with Crippen molar-refractivity contribution >= 4 is 23.8 Å². The Morgan fingerprint density at radius 2 is 2.16 bits per heavy atom. The summed E-state index contributed by atoms with van der Waals surface area (Å²) in [6, 6.07) is 10.1. The van der Waals surface area contributed by atoms with Crippen LogP contribution in [0.1, 0.15) is 61.7 Å². The summed E-state index contributed by atoms with van der Waals surface area (Å²) in [7, 11) is 1.79. The molecule has 0 bridgehead atoms. The van der Waals surface area contributed by atoms with Gasteiger partial charge in [-0.2, -0.15) is 0 Å². The van der Waals surface area contributed by atoms with E-state index in [4.69, 9.17) is 0 Å². The zero-order valence-corrected chi connectivity index (χ0v) is 19.6. The van der Waals surface area contributed by atoms with Gasteiger partial charge in [0, 0.05) is 53.5 Å². The van der Waals surface area contributed by atoms with Crippen molar-refractivity contribution in [2.24, 2.45) is 4.99 Å². The third kappa shape index (κ3) is 5.52. The topological polar surface area (TPSA) is 77.9 Å². The Morgan fingerprint density at radius 3 is 2.81 bits per heavy atom. The second-order valence-electron chi connectivity index (χ2n) is 8.37. The molecule has 0 radical (unpaired) electrons. The van der Waals surface area contributed by atoms with Crippen LogP contribution >= 0.6 is 0 Å². The summed E-state index contributed by atoms with van der Waals surface area (Å²) in [5.41, 5.74) is 4.01. The van der Waals surface area contributed by atoms with E-state index < -0.39 is 0 Å². The number of carbonyl (C=O) groups excluding carboxylic acids is 2. The van der Waals surface area contributed by atoms with Crippen molar-refractivity contribution in [2.45, 2.75) is 46.2 Å². The summed E-state index contributed by atoms with van der Waals surface area (Å²) >= 11 is 0. The van der Waals surface area contributed by atoms with Gasteiger partial charge in [-0.1, -0.05) is 12.1 Å². The van der Waals surface area contributed by atoms with E-state index in [0.717, 1.165) is 24.1 Å². The van der Waals surface area contributed by atoms with E-state index >= 15 is 0 Å². The number of aliphatic imine (C=N–C) groups is 1. The van der Waals surface area contributed by atoms with Gasteiger partial charge < -0.3 is 15.1 Å². The van der Waals surface area contributed by atoms with Gasteiger partial charge in [0.15, 0.2) is 0 Å². The molecule has 1 aliphatic rings. The van der Waals surface area contributed by atoms with E-state index in [-0.39, 0.29) is 25.3 Å². The number of hydrogen-bond donors (Lipinski definition) is 1. The Balaban J connectivity index is 0.00000385. The summed E-state index contributed by atoms with van der Waals surface area (Å²) in [6.45, 7) is 9.71. The van der Waals surface area contributed by atoms with Crippen LogP contribution in [0.4, 0.5) is 5.82 Å². The lowest BCUT2D eigenvalue weighted by molar-refractivity contribution is -0.129. The first-order valence-corrected chi connectivity index (χ1v) is 11.2. The molecule has 2 aromatic rings. The van der Waals surface area contributed by atoms with Gasteiger partial charge >= 0.3 is 0 Å². The average molecular weight is 438 g/mol. The van der Waals surface area contributed by atoms with Crippen LogP contribution < -0.4 is 5.32 Å². The van der Waals surface area contributed by atoms with Gasteiger partial charge in [0.25, 0.3) is 5.91 Å². The van der Waals surface area contributed by atoms with E-state index in [1.54, 1.807) is 36.0 Å². The highest BCUT2D eigenvalue weighted by Gasteiger charge is 2.30. The van der Waals surface area contributed by atoms with Crippen LogP contribution in [0.15, 0.2) is 41.5 Å². The summed E-state index contributed by atoms with van der Waals surface area (Å²) < 4.78 is 0. The Kier molecular flexibility index (Phi) is 7.62. The van der Waals surface area contributed by atoms with Crippen LogP contribution in [0.25, 0.3) is 0 Å². The second-order valence-corrected chi connectivity index (χ2v) is 8.37. The fourth-order valence-corrected chi connectivity index (χ4v) is 3.85. The van der Waals surface area contributed by atoms with E-state index in [9.17, 15) is 9.59 Å². The molecule has 2 amide bonds. The number of likely N-dealkylation sites (N-methyl/N-ethyl adjacent to an activating group) is 1. The lowest BCUT2D eigenvalue weighted by Gasteiger charge is -2.23. The molecular weight excluding hydrogens is 402 g/mol. The maximum absolute atomic E-state index is 12.8. The number of rotatable bonds is 7. The Bertz CT molecular complexity index is 993. The van der Waals surface area contributed by atoms with Gasteiger partial charge in [-0.15, -0.1) is 0 Å². The zero-order chi connectivity index (χ0) is 23.3. The van der Waals surface area contributed by atoms with Crippen LogP contribution in [-0.2, 0) is 4.79 Å². The molecule has 1 aromatic carbocycles. The molecule has 1 fully saturated rings. The Labute approximate surface area is 192 Å². The molecular formula is C25H35N5O2. The van der Waals surface area contributed by atoms with Crippen molar-refractivity contribution in [1.29, 1.82) is 0 Å². The first-order valence-electron chi connectivity index (χ1n) is 11.2. The molecule has 0 aliphatic carbocycles. The van der Waals surface area contributed by atoms with Crippen molar-refractivity contribution in [1.82, 2.24) is 14.8 Å². The maximum Gasteiger partial charge on any atom is 0.255 e. The summed E-state index contributed by atoms with van der Waals surface area (Å²) in [6.07, 6.45) is 4.34. The minimum absolute atomic E-state index is 0. The monoisotopic (exact) mass is 437 g/mol. The first-order chi connectivity index (χ1) is 15.3. The predicted molar refractivity (Wildman–Crippen MR) is 130 cm³/mol. The van der Waals surface area contributed by atoms with Gasteiger partial charge in [0.05, 0.1) is 11.6 Å². The molecule has 0 saturated carbocycles. The number of amides is 2. The largest absolute Gasteiger partial charge is 0.364 e. The smallest absolute Gasteiger partial charge is 0.255 e. The number of aromatic nitrogens is 1. The normalized spacial score (nSPS) is 16.9. The number of aryl methyl sites for hydroxylation is 1. The molecule has 1 aromatic heterocycles. The summed E-state index contributed by atoms with van der Waals surface area (Å²) in [4.78, 5) is 36.8. The molecule has 32 heavy (non-hydrogen) atoms. The van der Waals surface area contributed by atoms with Crippen LogP contribution in [-0.4, -0.2) is 65.5 Å². The van der Waals surface area contributed by atoms with E-state index in [0.29, 0.717) is 24.5 Å². The number of anilines is 1. The van der Waals surface area contributed by atoms with Crippen LogP contribution in [0.5, 0.6) is 0 Å². The maximum atomic E-state index is 12.8. The van der Waals surface area contributed by atoms with Crippen molar-refractivity contribution in [2.75, 3.05) is 32.0 Å². The Morgan fingerprint density at radius 1 is 1.38 bits per heavy atom. The molecule has 2 heterocycles. The second kappa shape index (κ2) is 10.4. The lowest BCUT2D eigenvalue weighted by Crippen LogP contribution is -2.38. The molecule has 0 spiro atoms. The average Bonchev–Trinajstić information content (AvgIpc) is 3.28. The highest BCUT2D eigenvalue weighted by molar-refractivity contribution is 5.94. The lowest BCUT2D eigenvalue weighted by atomic mass is 10.0. The number of pyridine rings is 1. The minimum atomic E-state index is -0.0464. The van der Waals surface area contributed by atoms with E-state index in [1.807, 2.05) is 19.2 Å². The number of carbonyl (C=O) groups is 2. The molecule has 1 aliphatic heterocycles. The van der Waals surface area contributed by atoms with E-state index in [1.165, 1.54) is 5.56 Å². The molecule has 7 heteroatoms. The zero-order valence-electron chi connectivity index (χ0n) is 19.6. The third-order valence-corrected chi connectivity index (χ3v) is 6.09. The molecule has 1 saturated heterocycles. The highest BCUT2D eigenvalue weighted by Crippen LogP contribution is 2.22. The third-order valence-electron chi connectivity index (χ3n) is 6.09. The quantitative estimate of drug-likeness (QED) is 0.666. The van der Waals surface area contributed by atoms with Gasteiger partial charge in [-0.05, 0) is 62.1 Å². The predicted octanol–water partition coefficient (Wildman–Crippen LogP) is 3.94. The summed E-state index contributed by atoms with van der Waals surface area (Å²) in [5, 5.41) is 3.41. The van der Waals surface area contributed by atoms with Gasteiger partial charge in [-0.25, -0.2) is 4.98 Å². The number of benzene rings is 1. The van der Waals surface area contributed by atoms with Crippen molar-refractivity contribution in [3.63, 3.8) is 0 Å². The molecule has 7 nitrogen and oxygen atoms in total. The van der Waals surface area contributed by atoms with Gasteiger partial charge in [-0.3, -0.25) is 14.6 Å². The van der Waals surface area contributed by atoms with Crippen LogP contribution in [0.3, 0.4) is 0 Å². The first kappa shape index (κ1) is 23.4. The number of hydrogen-bond acceptors (Lipinski definition) is 5. The number of nitrogens with zero attached hydrogens (tertiary/aromatic N) is 4. The van der Waals surface area contributed by atoms with Gasteiger partial charge in [0.2, 0.25) is 5.91 Å². The van der Waals surface area contributed by atoms with Crippen molar-refractivity contribution < 1.29 is 11.0 Å². The molecule has 3 rings (SSSR count). The Hall–Kier alpha value is -3.22. The minimum Gasteiger partial charge on any atom is -0.364 e. The highest BCUT2D eigenvalue weighted by atomic mass is 16.2. The van der Waals surface area contributed by atoms with Crippen LogP contribution in [0.2, 0.25) is 0 Å². The number of nitrogens with one attached hydrogen (secondary N) is 1. The van der Waals surface area contributed by atoms with Gasteiger partial charge in [0.1, 0.15) is 5.82 Å². The molecule has 0 unspecified atom stereocenters. The molecule has 2 atom stereocenters. The SMILES string of the molecule is CCN=Cc1cc([C@@H](C)Nc2ccc(C(=O)N3CC[C@H](N(C)C(C)=O)C3)cn2)ccc1C.[HH]. The standard InChI is InChI=1S/C25H33N5O2.H2/c1-6-26-14-22-13-20(8-7-17(22)2)18(3)28-24-10-9-21(15-27-24)25(32)30-12-11-23(16-30)29(5)19(4)31;/h7-10,13-15,18,23H,6,11-12,16H2,1-5H3,(H,27,28);1H/t18-,23+;/m1./s1. The van der Waals surface area contributed by atoms with Crippen molar-refractivity contribution in [3.8, 4) is 0 Å². The fraction of sp³-hybridized carbons (Fsp3) is 0.440.